The molecule has 0 aliphatic rings. The molecule has 0 bridgehead atoms. The van der Waals surface area contributed by atoms with Gasteiger partial charge in [0, 0.05) is 10.9 Å². The first-order chi connectivity index (χ1) is 20.5. The van der Waals surface area contributed by atoms with Crippen molar-refractivity contribution in [2.24, 2.45) is 0 Å². The van der Waals surface area contributed by atoms with Gasteiger partial charge in [0.05, 0.1) is 17.2 Å². The van der Waals surface area contributed by atoms with Gasteiger partial charge in [0.1, 0.15) is 22.7 Å². The van der Waals surface area contributed by atoms with Crippen molar-refractivity contribution in [3.05, 3.63) is 114 Å². The molecule has 0 radical (unpaired) electrons. The maximum atomic E-state index is 14.1. The number of benzene rings is 4. The second-order valence-corrected chi connectivity index (χ2v) is 12.6. The predicted octanol–water partition coefficient (Wildman–Crippen LogP) is 7.97. The maximum Gasteiger partial charge on any atom is 0.434 e. The van der Waals surface area contributed by atoms with Crippen molar-refractivity contribution in [3.8, 4) is 17.1 Å². The van der Waals surface area contributed by atoms with Gasteiger partial charge >= 0.3 is 12.1 Å². The lowest BCUT2D eigenvalue weighted by Crippen LogP contribution is -2.39. The van der Waals surface area contributed by atoms with E-state index in [0.29, 0.717) is 15.5 Å². The predicted molar refractivity (Wildman–Crippen MR) is 165 cm³/mol. The van der Waals surface area contributed by atoms with Gasteiger partial charge in [0.25, 0.3) is 10.0 Å². The van der Waals surface area contributed by atoms with E-state index in [9.17, 15) is 18.0 Å². The highest BCUT2D eigenvalue weighted by Gasteiger charge is 2.34. The first-order valence-corrected chi connectivity index (χ1v) is 15.2. The molecule has 0 aliphatic carbocycles. The summed E-state index contributed by atoms with van der Waals surface area (Å²) in [6, 6.07) is 27.9. The average Bonchev–Trinajstić information content (AvgIpc) is 3.37. The third kappa shape index (κ3) is 6.03. The van der Waals surface area contributed by atoms with Crippen molar-refractivity contribution >= 4 is 38.7 Å². The van der Waals surface area contributed by atoms with Crippen LogP contribution in [0.3, 0.4) is 0 Å². The molecule has 0 unspecified atom stereocenters. The van der Waals surface area contributed by atoms with E-state index in [-0.39, 0.29) is 45.1 Å². The summed E-state index contributed by atoms with van der Waals surface area (Å²) in [7, 11) is -4.48. The highest BCUT2D eigenvalue weighted by atomic mass is 32.2. The summed E-state index contributed by atoms with van der Waals surface area (Å²) in [5, 5.41) is 0.283. The molecule has 0 atom stereocenters. The Morgan fingerprint density at radius 2 is 1.47 bits per heavy atom. The maximum absolute atomic E-state index is 14.1. The Balaban J connectivity index is 1.68. The zero-order valence-electron chi connectivity index (χ0n) is 24.2. The van der Waals surface area contributed by atoms with Crippen LogP contribution in [0, 0.1) is 0 Å². The molecule has 0 aliphatic heterocycles. The first-order valence-electron chi connectivity index (χ1n) is 13.7. The van der Waals surface area contributed by atoms with Crippen LogP contribution in [0.2, 0.25) is 0 Å². The van der Waals surface area contributed by atoms with E-state index in [0.717, 1.165) is 5.56 Å². The summed E-state index contributed by atoms with van der Waals surface area (Å²) < 4.78 is 45.8. The van der Waals surface area contributed by atoms with Gasteiger partial charge in [-0.2, -0.15) is 4.31 Å². The molecule has 4 aromatic carbocycles. The summed E-state index contributed by atoms with van der Waals surface area (Å²) in [5.41, 5.74) is 1.74. The monoisotopic (exact) mass is 597 g/mol. The van der Waals surface area contributed by atoms with E-state index >= 15 is 0 Å². The van der Waals surface area contributed by atoms with E-state index < -0.39 is 22.1 Å². The average molecular weight is 598 g/mol. The molecule has 5 rings (SSSR count). The van der Waals surface area contributed by atoms with Crippen LogP contribution in [-0.2, 0) is 20.2 Å². The third-order valence-electron chi connectivity index (χ3n) is 6.79. The van der Waals surface area contributed by atoms with E-state index in [1.54, 1.807) is 61.5 Å². The molecule has 1 heterocycles. The Hall–Kier alpha value is -4.89. The van der Waals surface area contributed by atoms with Crippen molar-refractivity contribution in [3.63, 3.8) is 0 Å². The number of nitrogens with zero attached hydrogens (tertiary/aromatic N) is 1. The van der Waals surface area contributed by atoms with Gasteiger partial charge in [-0.1, -0.05) is 81.4 Å². The minimum Gasteiger partial charge on any atom is -0.462 e. The molecule has 0 saturated carbocycles. The molecular formula is C34H31NO7S. The van der Waals surface area contributed by atoms with Crippen molar-refractivity contribution in [1.82, 2.24) is 0 Å². The van der Waals surface area contributed by atoms with Gasteiger partial charge in [0.15, 0.2) is 0 Å². The Labute approximate surface area is 250 Å². The minimum absolute atomic E-state index is 0.0423. The molecule has 0 spiro atoms. The van der Waals surface area contributed by atoms with Gasteiger partial charge in [-0.05, 0) is 60.4 Å². The molecule has 0 N–H and O–H groups in total. The molecule has 5 aromatic rings. The Bertz CT molecular complexity index is 1870. The standard InChI is InChI=1S/C34H31NO7S/c1-5-40-32(36)30-28-22-25(18-21-29(28)42-31(30)23-12-8-6-9-13-23)35(33(37)41-26-14-10-7-11-15-26)43(38,39)27-19-16-24(17-20-27)34(2,3)4/h6-22H,5H2,1-4H3. The minimum atomic E-state index is -4.48. The number of ether oxygens (including phenoxy) is 2. The fourth-order valence-corrected chi connectivity index (χ4v) is 5.93. The molecule has 1 aromatic heterocycles. The number of hydrogen-bond donors (Lipinski definition) is 0. The Kier molecular flexibility index (Phi) is 8.10. The molecule has 0 saturated heterocycles. The lowest BCUT2D eigenvalue weighted by molar-refractivity contribution is 0.0528. The van der Waals surface area contributed by atoms with Gasteiger partial charge < -0.3 is 13.9 Å². The number of fused-ring (bicyclic) bond motifs is 1. The van der Waals surface area contributed by atoms with Crippen LogP contribution in [0.4, 0.5) is 10.5 Å². The quantitative estimate of drug-likeness (QED) is 0.175. The number of amides is 1. The summed E-state index contributed by atoms with van der Waals surface area (Å²) in [5.74, 6) is -0.208. The highest BCUT2D eigenvalue weighted by molar-refractivity contribution is 7.93. The Morgan fingerprint density at radius 1 is 0.837 bits per heavy atom. The van der Waals surface area contributed by atoms with Gasteiger partial charge in [-0.3, -0.25) is 0 Å². The number of anilines is 1. The normalized spacial score (nSPS) is 11.7. The second-order valence-electron chi connectivity index (χ2n) is 10.8. The topological polar surface area (TPSA) is 103 Å². The lowest BCUT2D eigenvalue weighted by Gasteiger charge is -2.23. The van der Waals surface area contributed by atoms with Crippen molar-refractivity contribution in [2.75, 3.05) is 10.9 Å². The van der Waals surface area contributed by atoms with Crippen LogP contribution < -0.4 is 9.04 Å². The highest BCUT2D eigenvalue weighted by Crippen LogP contribution is 2.38. The second kappa shape index (κ2) is 11.8. The molecule has 220 valence electrons. The number of rotatable bonds is 7. The number of carbonyl (C=O) groups is 2. The van der Waals surface area contributed by atoms with E-state index in [1.807, 2.05) is 39.0 Å². The van der Waals surface area contributed by atoms with Crippen molar-refractivity contribution in [2.45, 2.75) is 38.0 Å². The van der Waals surface area contributed by atoms with E-state index in [2.05, 4.69) is 0 Å². The number of para-hydroxylation sites is 1. The number of esters is 1. The van der Waals surface area contributed by atoms with Crippen LogP contribution in [0.5, 0.6) is 5.75 Å². The largest absolute Gasteiger partial charge is 0.462 e. The van der Waals surface area contributed by atoms with Gasteiger partial charge in [0.2, 0.25) is 0 Å². The third-order valence-corrected chi connectivity index (χ3v) is 8.50. The van der Waals surface area contributed by atoms with Crippen LogP contribution in [0.1, 0.15) is 43.6 Å². The van der Waals surface area contributed by atoms with E-state index in [4.69, 9.17) is 13.9 Å². The Morgan fingerprint density at radius 3 is 2.07 bits per heavy atom. The summed E-state index contributed by atoms with van der Waals surface area (Å²) in [6.45, 7) is 7.86. The molecule has 0 fully saturated rings. The van der Waals surface area contributed by atoms with Crippen LogP contribution in [0.25, 0.3) is 22.3 Å². The number of furan rings is 1. The SMILES string of the molecule is CCOC(=O)c1c(-c2ccccc2)oc2ccc(N(C(=O)Oc3ccccc3)S(=O)(=O)c3ccc(C(C)(C)C)cc3)cc12. The fourth-order valence-electron chi connectivity index (χ4n) is 4.62. The molecule has 9 heteroatoms. The number of carbonyl (C=O) groups excluding carboxylic acids is 2. The molecule has 1 amide bonds. The molecule has 43 heavy (non-hydrogen) atoms. The number of sulfonamides is 1. The van der Waals surface area contributed by atoms with E-state index in [1.165, 1.54) is 30.3 Å². The molecular weight excluding hydrogens is 566 g/mol. The van der Waals surface area contributed by atoms with Crippen molar-refractivity contribution < 1.29 is 31.9 Å². The van der Waals surface area contributed by atoms with Crippen LogP contribution in [0.15, 0.2) is 112 Å². The summed E-state index contributed by atoms with van der Waals surface area (Å²) in [6.07, 6.45) is -1.14. The zero-order chi connectivity index (χ0) is 30.8. The first kappa shape index (κ1) is 29.6. The summed E-state index contributed by atoms with van der Waals surface area (Å²) in [4.78, 5) is 26.7. The van der Waals surface area contributed by atoms with Gasteiger partial charge in [-0.15, -0.1) is 0 Å². The zero-order valence-corrected chi connectivity index (χ0v) is 25.1. The van der Waals surface area contributed by atoms with Crippen LogP contribution in [-0.4, -0.2) is 27.1 Å². The lowest BCUT2D eigenvalue weighted by atomic mass is 9.87. The van der Waals surface area contributed by atoms with Gasteiger partial charge in [-0.25, -0.2) is 18.0 Å². The molecule has 8 nitrogen and oxygen atoms in total. The van der Waals surface area contributed by atoms with Crippen LogP contribution >= 0.6 is 0 Å². The summed E-state index contributed by atoms with van der Waals surface area (Å²) >= 11 is 0. The fraction of sp³-hybridized carbons (Fsp3) is 0.176. The van der Waals surface area contributed by atoms with Crippen molar-refractivity contribution in [1.29, 1.82) is 0 Å². The smallest absolute Gasteiger partial charge is 0.434 e. The number of hydrogen-bond acceptors (Lipinski definition) is 7.